The molecule has 1 nitrogen and oxygen atoms in total. The summed E-state index contributed by atoms with van der Waals surface area (Å²) in [6.45, 7) is 4.55. The largest absolute Gasteiger partial charge is 0.380 e. The summed E-state index contributed by atoms with van der Waals surface area (Å²) in [6.07, 6.45) is 3.49. The summed E-state index contributed by atoms with van der Waals surface area (Å²) in [7, 11) is 0. The molecule has 82 valence electrons. The second-order valence-electron chi connectivity index (χ2n) is 5.23. The van der Waals surface area contributed by atoms with Gasteiger partial charge in [0.05, 0.1) is 5.69 Å². The fourth-order valence-corrected chi connectivity index (χ4v) is 2.36. The molecule has 1 aliphatic carbocycles. The van der Waals surface area contributed by atoms with Gasteiger partial charge in [-0.1, -0.05) is 26.0 Å². The zero-order valence-electron chi connectivity index (χ0n) is 9.39. The molecule has 0 aromatic heterocycles. The second kappa shape index (κ2) is 3.84. The lowest BCUT2D eigenvalue weighted by atomic mass is 9.92. The minimum atomic E-state index is -0.151. The molecule has 0 bridgehead atoms. The van der Waals surface area contributed by atoms with E-state index in [1.807, 2.05) is 6.07 Å². The van der Waals surface area contributed by atoms with Gasteiger partial charge in [0.2, 0.25) is 0 Å². The van der Waals surface area contributed by atoms with Crippen molar-refractivity contribution >= 4 is 5.69 Å². The maximum atomic E-state index is 13.4. The van der Waals surface area contributed by atoms with Gasteiger partial charge in [0.15, 0.2) is 0 Å². The molecule has 0 heterocycles. The van der Waals surface area contributed by atoms with Crippen molar-refractivity contribution in [3.8, 4) is 0 Å². The topological polar surface area (TPSA) is 12.0 Å². The summed E-state index contributed by atoms with van der Waals surface area (Å²) in [5.74, 6) is -0.151. The Balaban J connectivity index is 2.02. The Hall–Kier alpha value is -1.05. The van der Waals surface area contributed by atoms with Crippen molar-refractivity contribution in [3.05, 3.63) is 30.1 Å². The first-order chi connectivity index (χ1) is 7.07. The van der Waals surface area contributed by atoms with Gasteiger partial charge in [-0.3, -0.25) is 0 Å². The van der Waals surface area contributed by atoms with E-state index >= 15 is 0 Å². The van der Waals surface area contributed by atoms with Crippen LogP contribution in [0.3, 0.4) is 0 Å². The van der Waals surface area contributed by atoms with Crippen LogP contribution in [-0.2, 0) is 0 Å². The fourth-order valence-electron chi connectivity index (χ4n) is 2.36. The van der Waals surface area contributed by atoms with E-state index < -0.39 is 0 Å². The average Bonchev–Trinajstić information content (AvgIpc) is 2.50. The van der Waals surface area contributed by atoms with E-state index in [2.05, 4.69) is 19.2 Å². The molecule has 1 fully saturated rings. The van der Waals surface area contributed by atoms with Crippen molar-refractivity contribution in [2.75, 3.05) is 5.32 Å². The van der Waals surface area contributed by atoms with Crippen molar-refractivity contribution in [3.63, 3.8) is 0 Å². The highest BCUT2D eigenvalue weighted by atomic mass is 19.1. The molecule has 0 spiro atoms. The number of para-hydroxylation sites is 1. The van der Waals surface area contributed by atoms with E-state index in [9.17, 15) is 4.39 Å². The van der Waals surface area contributed by atoms with E-state index in [-0.39, 0.29) is 5.82 Å². The molecule has 0 saturated heterocycles. The number of hydrogen-bond donors (Lipinski definition) is 1. The Morgan fingerprint density at radius 1 is 1.33 bits per heavy atom. The molecule has 1 atom stereocenters. The Morgan fingerprint density at radius 3 is 2.67 bits per heavy atom. The second-order valence-corrected chi connectivity index (χ2v) is 5.23. The lowest BCUT2D eigenvalue weighted by Crippen LogP contribution is -2.18. The lowest BCUT2D eigenvalue weighted by molar-refractivity contribution is 0.378. The van der Waals surface area contributed by atoms with Crippen molar-refractivity contribution in [2.45, 2.75) is 39.2 Å². The number of nitrogens with one attached hydrogen (secondary N) is 1. The molecule has 1 saturated carbocycles. The number of halogens is 1. The first-order valence-corrected chi connectivity index (χ1v) is 5.58. The van der Waals surface area contributed by atoms with Crippen LogP contribution >= 0.6 is 0 Å². The summed E-state index contributed by atoms with van der Waals surface area (Å²) in [4.78, 5) is 0. The molecule has 1 aromatic carbocycles. The third-order valence-electron chi connectivity index (χ3n) is 3.20. The van der Waals surface area contributed by atoms with Gasteiger partial charge < -0.3 is 5.32 Å². The van der Waals surface area contributed by atoms with Crippen LogP contribution in [0, 0.1) is 11.2 Å². The third kappa shape index (κ3) is 2.49. The number of hydrogen-bond acceptors (Lipinski definition) is 1. The van der Waals surface area contributed by atoms with Crippen LogP contribution in [0.25, 0.3) is 0 Å². The third-order valence-corrected chi connectivity index (χ3v) is 3.20. The predicted octanol–water partition coefficient (Wildman–Crippen LogP) is 3.82. The Bertz CT molecular complexity index is 346. The van der Waals surface area contributed by atoms with Gasteiger partial charge in [0, 0.05) is 6.04 Å². The molecular weight excluding hydrogens is 189 g/mol. The van der Waals surface area contributed by atoms with Crippen LogP contribution in [0.1, 0.15) is 33.1 Å². The first kappa shape index (κ1) is 10.5. The standard InChI is InChI=1S/C13H18FN/c1-13(2)8-7-10(9-13)15-12-6-4-3-5-11(12)14/h3-6,10,15H,7-9H2,1-2H3. The van der Waals surface area contributed by atoms with Crippen LogP contribution in [0.15, 0.2) is 24.3 Å². The minimum absolute atomic E-state index is 0.151. The zero-order chi connectivity index (χ0) is 10.9. The Morgan fingerprint density at radius 2 is 2.07 bits per heavy atom. The van der Waals surface area contributed by atoms with Crippen molar-refractivity contribution in [1.82, 2.24) is 0 Å². The van der Waals surface area contributed by atoms with E-state index in [1.165, 1.54) is 12.5 Å². The molecular formula is C13H18FN. The Labute approximate surface area is 90.7 Å². The molecule has 15 heavy (non-hydrogen) atoms. The monoisotopic (exact) mass is 207 g/mol. The predicted molar refractivity (Wildman–Crippen MR) is 61.4 cm³/mol. The molecule has 2 heteroatoms. The van der Waals surface area contributed by atoms with E-state index in [1.54, 1.807) is 12.1 Å². The minimum Gasteiger partial charge on any atom is -0.380 e. The average molecular weight is 207 g/mol. The molecule has 0 amide bonds. The van der Waals surface area contributed by atoms with Crippen LogP contribution in [0.2, 0.25) is 0 Å². The molecule has 0 radical (unpaired) electrons. The number of rotatable bonds is 2. The highest BCUT2D eigenvalue weighted by molar-refractivity contribution is 5.45. The summed E-state index contributed by atoms with van der Waals surface area (Å²) in [5, 5.41) is 3.29. The molecule has 1 unspecified atom stereocenters. The van der Waals surface area contributed by atoms with Gasteiger partial charge in [0.25, 0.3) is 0 Å². The number of benzene rings is 1. The smallest absolute Gasteiger partial charge is 0.146 e. The summed E-state index contributed by atoms with van der Waals surface area (Å²) >= 11 is 0. The maximum absolute atomic E-state index is 13.4. The molecule has 0 aliphatic heterocycles. The summed E-state index contributed by atoms with van der Waals surface area (Å²) in [5.41, 5.74) is 1.04. The van der Waals surface area contributed by atoms with Crippen LogP contribution < -0.4 is 5.32 Å². The van der Waals surface area contributed by atoms with Crippen LogP contribution in [-0.4, -0.2) is 6.04 Å². The summed E-state index contributed by atoms with van der Waals surface area (Å²) in [6, 6.07) is 7.32. The maximum Gasteiger partial charge on any atom is 0.146 e. The molecule has 1 aliphatic rings. The van der Waals surface area contributed by atoms with Crippen LogP contribution in [0.5, 0.6) is 0 Å². The van der Waals surface area contributed by atoms with Gasteiger partial charge in [-0.2, -0.15) is 0 Å². The highest BCUT2D eigenvalue weighted by Gasteiger charge is 2.30. The van der Waals surface area contributed by atoms with E-state index in [0.29, 0.717) is 17.1 Å². The van der Waals surface area contributed by atoms with Gasteiger partial charge in [-0.05, 0) is 36.8 Å². The summed E-state index contributed by atoms with van der Waals surface area (Å²) < 4.78 is 13.4. The molecule has 1 N–H and O–H groups in total. The quantitative estimate of drug-likeness (QED) is 0.777. The SMILES string of the molecule is CC1(C)CCC(Nc2ccccc2F)C1. The van der Waals surface area contributed by atoms with Gasteiger partial charge >= 0.3 is 0 Å². The van der Waals surface area contributed by atoms with Gasteiger partial charge in [-0.15, -0.1) is 0 Å². The normalized spacial score (nSPS) is 24.1. The highest BCUT2D eigenvalue weighted by Crippen LogP contribution is 2.38. The lowest BCUT2D eigenvalue weighted by Gasteiger charge is -2.18. The zero-order valence-corrected chi connectivity index (χ0v) is 9.39. The van der Waals surface area contributed by atoms with Crippen molar-refractivity contribution < 1.29 is 4.39 Å². The Kier molecular flexibility index (Phi) is 2.68. The molecule has 2 rings (SSSR count). The molecule has 1 aromatic rings. The first-order valence-electron chi connectivity index (χ1n) is 5.58. The van der Waals surface area contributed by atoms with Gasteiger partial charge in [0.1, 0.15) is 5.82 Å². The van der Waals surface area contributed by atoms with E-state index in [0.717, 1.165) is 12.8 Å². The fraction of sp³-hybridized carbons (Fsp3) is 0.538. The van der Waals surface area contributed by atoms with E-state index in [4.69, 9.17) is 0 Å². The van der Waals surface area contributed by atoms with Crippen molar-refractivity contribution in [2.24, 2.45) is 5.41 Å². The van der Waals surface area contributed by atoms with Gasteiger partial charge in [-0.25, -0.2) is 4.39 Å². The number of anilines is 1. The van der Waals surface area contributed by atoms with Crippen LogP contribution in [0.4, 0.5) is 10.1 Å². The van der Waals surface area contributed by atoms with Crippen molar-refractivity contribution in [1.29, 1.82) is 0 Å².